The number of primary sulfonamides is 1. The van der Waals surface area contributed by atoms with E-state index >= 15 is 0 Å². The summed E-state index contributed by atoms with van der Waals surface area (Å²) in [7, 11) is -3.74. The Morgan fingerprint density at radius 1 is 1.60 bits per heavy atom. The molecule has 0 fully saturated rings. The molecule has 0 atom stereocenters. The van der Waals surface area contributed by atoms with Crippen molar-refractivity contribution in [2.24, 2.45) is 5.14 Å². The largest absolute Gasteiger partial charge is 0.282 e. The van der Waals surface area contributed by atoms with Crippen molar-refractivity contribution in [3.05, 3.63) is 5.82 Å². The molecule has 0 aliphatic rings. The highest BCUT2D eigenvalue weighted by atomic mass is 32.2. The lowest BCUT2D eigenvalue weighted by Gasteiger charge is -1.83. The molecule has 0 spiro atoms. The van der Waals surface area contributed by atoms with Gasteiger partial charge in [-0.25, -0.2) is 18.5 Å². The summed E-state index contributed by atoms with van der Waals surface area (Å²) in [5, 5.41) is 10.0. The molecule has 10 heavy (non-hydrogen) atoms. The predicted octanol–water partition coefficient (Wildman–Crippen LogP) is -1.24. The van der Waals surface area contributed by atoms with E-state index in [2.05, 4.69) is 15.2 Å². The molecule has 0 saturated carbocycles. The van der Waals surface area contributed by atoms with Crippen LogP contribution >= 0.6 is 0 Å². The summed E-state index contributed by atoms with van der Waals surface area (Å²) in [5.41, 5.74) is 0. The Morgan fingerprint density at radius 3 is 2.40 bits per heavy atom. The number of hydrogen-bond donors (Lipinski definition) is 2. The minimum Gasteiger partial charge on any atom is -0.262 e. The summed E-state index contributed by atoms with van der Waals surface area (Å²) in [5.74, 6) is 0.420. The molecule has 7 heteroatoms. The van der Waals surface area contributed by atoms with E-state index in [-0.39, 0.29) is 5.16 Å². The van der Waals surface area contributed by atoms with Crippen molar-refractivity contribution < 1.29 is 8.42 Å². The van der Waals surface area contributed by atoms with Gasteiger partial charge in [0.15, 0.2) is 0 Å². The Morgan fingerprint density at radius 2 is 2.20 bits per heavy atom. The van der Waals surface area contributed by atoms with Crippen LogP contribution in [0.25, 0.3) is 0 Å². The van der Waals surface area contributed by atoms with E-state index in [4.69, 9.17) is 5.14 Å². The van der Waals surface area contributed by atoms with Gasteiger partial charge in [-0.3, -0.25) is 5.10 Å². The normalized spacial score (nSPS) is 11.8. The molecule has 0 amide bonds. The maximum absolute atomic E-state index is 10.5. The molecule has 0 aliphatic heterocycles. The van der Waals surface area contributed by atoms with Crippen LogP contribution in [-0.4, -0.2) is 23.6 Å². The maximum Gasteiger partial charge on any atom is 0.282 e. The van der Waals surface area contributed by atoms with Gasteiger partial charge in [0.05, 0.1) is 0 Å². The average Bonchev–Trinajstić information content (AvgIpc) is 2.11. The fourth-order valence-electron chi connectivity index (χ4n) is 0.449. The lowest BCUT2D eigenvalue weighted by molar-refractivity contribution is 0.589. The zero-order chi connectivity index (χ0) is 7.78. The van der Waals surface area contributed by atoms with E-state index in [0.29, 0.717) is 5.82 Å². The minimum absolute atomic E-state index is 0.370. The highest BCUT2D eigenvalue weighted by Gasteiger charge is 2.12. The van der Waals surface area contributed by atoms with Crippen molar-refractivity contribution in [1.29, 1.82) is 0 Å². The number of nitrogens with two attached hydrogens (primary N) is 1. The first-order valence-corrected chi connectivity index (χ1v) is 3.96. The summed E-state index contributed by atoms with van der Waals surface area (Å²) in [6, 6.07) is 0. The van der Waals surface area contributed by atoms with Crippen LogP contribution in [-0.2, 0) is 10.0 Å². The molecule has 0 aromatic carbocycles. The van der Waals surface area contributed by atoms with Gasteiger partial charge >= 0.3 is 0 Å². The first-order valence-electron chi connectivity index (χ1n) is 2.42. The van der Waals surface area contributed by atoms with Crippen molar-refractivity contribution in [3.63, 3.8) is 0 Å². The summed E-state index contributed by atoms with van der Waals surface area (Å²) in [6.45, 7) is 1.58. The van der Waals surface area contributed by atoms with Gasteiger partial charge in [-0.15, -0.1) is 5.10 Å². The van der Waals surface area contributed by atoms with Crippen LogP contribution in [0, 0.1) is 6.92 Å². The first-order chi connectivity index (χ1) is 4.50. The van der Waals surface area contributed by atoms with Crippen LogP contribution in [0.4, 0.5) is 0 Å². The molecule has 0 saturated heterocycles. The molecular weight excluding hydrogens is 156 g/mol. The van der Waals surface area contributed by atoms with Crippen molar-refractivity contribution in [2.75, 3.05) is 0 Å². The highest BCUT2D eigenvalue weighted by Crippen LogP contribution is 1.95. The minimum atomic E-state index is -3.74. The summed E-state index contributed by atoms with van der Waals surface area (Å²) < 4.78 is 21.0. The molecule has 1 aromatic heterocycles. The van der Waals surface area contributed by atoms with Crippen LogP contribution in [0.3, 0.4) is 0 Å². The maximum atomic E-state index is 10.5. The summed E-state index contributed by atoms with van der Waals surface area (Å²) >= 11 is 0. The number of hydrogen-bond acceptors (Lipinski definition) is 4. The topological polar surface area (TPSA) is 102 Å². The van der Waals surface area contributed by atoms with Crippen LogP contribution < -0.4 is 5.14 Å². The molecule has 0 radical (unpaired) electrons. The van der Waals surface area contributed by atoms with Crippen molar-refractivity contribution in [3.8, 4) is 0 Å². The molecule has 0 bridgehead atoms. The molecule has 3 N–H and O–H groups in total. The number of rotatable bonds is 1. The summed E-state index contributed by atoms with van der Waals surface area (Å²) in [6.07, 6.45) is 0. The third-order valence-electron chi connectivity index (χ3n) is 0.831. The fourth-order valence-corrected chi connectivity index (χ4v) is 0.886. The Kier molecular flexibility index (Phi) is 1.45. The van der Waals surface area contributed by atoms with Gasteiger partial charge in [-0.1, -0.05) is 0 Å². The lowest BCUT2D eigenvalue weighted by Crippen LogP contribution is -2.13. The summed E-state index contributed by atoms with van der Waals surface area (Å²) in [4.78, 5) is 3.50. The zero-order valence-electron chi connectivity index (χ0n) is 5.20. The van der Waals surface area contributed by atoms with E-state index in [1.54, 1.807) is 6.92 Å². The predicted molar refractivity (Wildman–Crippen MR) is 32.5 cm³/mol. The fraction of sp³-hybridized carbons (Fsp3) is 0.333. The Balaban J connectivity index is 3.21. The lowest BCUT2D eigenvalue weighted by atomic mass is 10.8. The number of aromatic nitrogens is 3. The number of H-pyrrole nitrogens is 1. The van der Waals surface area contributed by atoms with Crippen LogP contribution in [0.2, 0.25) is 0 Å². The number of nitrogens with zero attached hydrogens (tertiary/aromatic N) is 2. The molecule has 0 unspecified atom stereocenters. The third kappa shape index (κ3) is 1.31. The van der Waals surface area contributed by atoms with Gasteiger partial charge in [0.2, 0.25) is 0 Å². The van der Waals surface area contributed by atoms with Gasteiger partial charge in [-0.05, 0) is 6.92 Å². The van der Waals surface area contributed by atoms with E-state index in [1.165, 1.54) is 0 Å². The van der Waals surface area contributed by atoms with Crippen LogP contribution in [0.5, 0.6) is 0 Å². The Hall–Kier alpha value is -0.950. The molecule has 1 heterocycles. The van der Waals surface area contributed by atoms with Crippen molar-refractivity contribution in [1.82, 2.24) is 15.2 Å². The smallest absolute Gasteiger partial charge is 0.262 e. The number of aryl methyl sites for hydroxylation is 1. The van der Waals surface area contributed by atoms with Crippen molar-refractivity contribution >= 4 is 10.0 Å². The SMILES string of the molecule is Cc1nc(S(N)(=O)=O)n[nH]1. The van der Waals surface area contributed by atoms with E-state index in [9.17, 15) is 8.42 Å². The first kappa shape index (κ1) is 7.16. The molecule has 1 aromatic rings. The van der Waals surface area contributed by atoms with Crippen LogP contribution in [0.15, 0.2) is 5.16 Å². The molecule has 6 nitrogen and oxygen atoms in total. The highest BCUT2D eigenvalue weighted by molar-refractivity contribution is 7.89. The zero-order valence-corrected chi connectivity index (χ0v) is 6.01. The molecule has 1 rings (SSSR count). The van der Waals surface area contributed by atoms with Gasteiger partial charge in [0, 0.05) is 0 Å². The monoisotopic (exact) mass is 162 g/mol. The number of aromatic amines is 1. The number of sulfonamides is 1. The molecular formula is C3H6N4O2S. The molecule has 0 aliphatic carbocycles. The average molecular weight is 162 g/mol. The van der Waals surface area contributed by atoms with Gasteiger partial charge < -0.3 is 0 Å². The van der Waals surface area contributed by atoms with Gasteiger partial charge in [0.25, 0.3) is 15.2 Å². The number of nitrogens with one attached hydrogen (secondary N) is 1. The second-order valence-electron chi connectivity index (χ2n) is 1.75. The third-order valence-corrected chi connectivity index (χ3v) is 1.52. The Bertz CT molecular complexity index is 326. The van der Waals surface area contributed by atoms with Gasteiger partial charge in [-0.2, -0.15) is 0 Å². The van der Waals surface area contributed by atoms with E-state index in [1.807, 2.05) is 0 Å². The van der Waals surface area contributed by atoms with Gasteiger partial charge in [0.1, 0.15) is 5.82 Å². The van der Waals surface area contributed by atoms with E-state index in [0.717, 1.165) is 0 Å². The quantitative estimate of drug-likeness (QED) is 0.539. The van der Waals surface area contributed by atoms with Crippen molar-refractivity contribution in [2.45, 2.75) is 12.1 Å². The van der Waals surface area contributed by atoms with E-state index < -0.39 is 10.0 Å². The standard InChI is InChI=1S/C3H6N4O2S/c1-2-5-3(7-6-2)10(4,8)9/h1H3,(H2,4,8,9)(H,5,6,7). The molecule has 56 valence electrons. The Labute approximate surface area is 57.5 Å². The second kappa shape index (κ2) is 2.03. The second-order valence-corrected chi connectivity index (χ2v) is 3.20. The van der Waals surface area contributed by atoms with Crippen LogP contribution in [0.1, 0.15) is 5.82 Å².